The lowest BCUT2D eigenvalue weighted by Gasteiger charge is -2.21. The second-order valence-corrected chi connectivity index (χ2v) is 3.57. The number of nitrogen functional groups attached to an aromatic ring is 1. The molecule has 4 nitrogen and oxygen atoms in total. The highest BCUT2D eigenvalue weighted by atomic mass is 19.4. The summed E-state index contributed by atoms with van der Waals surface area (Å²) in [5.74, 6) is -0.264. The van der Waals surface area contributed by atoms with E-state index in [1.54, 1.807) is 12.1 Å². The van der Waals surface area contributed by atoms with E-state index in [1.807, 2.05) is 0 Å². The van der Waals surface area contributed by atoms with Gasteiger partial charge in [0, 0.05) is 19.8 Å². The molecule has 1 aromatic rings. The van der Waals surface area contributed by atoms with E-state index in [4.69, 9.17) is 11.1 Å². The monoisotopic (exact) mass is 246 g/mol. The third kappa shape index (κ3) is 3.93. The van der Waals surface area contributed by atoms with Gasteiger partial charge >= 0.3 is 6.18 Å². The molecule has 0 atom stereocenters. The molecule has 0 aliphatic rings. The Morgan fingerprint density at radius 1 is 1.53 bits per heavy atom. The molecule has 0 aromatic carbocycles. The Bertz CT molecular complexity index is 403. The molecule has 94 valence electrons. The Labute approximate surface area is 96.8 Å². The van der Waals surface area contributed by atoms with Crippen LogP contribution in [0.4, 0.5) is 18.9 Å². The van der Waals surface area contributed by atoms with Crippen molar-refractivity contribution in [2.45, 2.75) is 12.6 Å². The molecule has 0 amide bonds. The molecule has 1 rings (SSSR count). The van der Waals surface area contributed by atoms with Gasteiger partial charge in [0.05, 0.1) is 12.1 Å². The van der Waals surface area contributed by atoms with Crippen molar-refractivity contribution >= 4 is 11.5 Å². The summed E-state index contributed by atoms with van der Waals surface area (Å²) in [6, 6.07) is 3.17. The van der Waals surface area contributed by atoms with Gasteiger partial charge in [-0.15, -0.1) is 0 Å². The number of halogens is 3. The predicted molar refractivity (Wildman–Crippen MR) is 59.2 cm³/mol. The van der Waals surface area contributed by atoms with E-state index in [-0.39, 0.29) is 18.1 Å². The second-order valence-electron chi connectivity index (χ2n) is 3.57. The van der Waals surface area contributed by atoms with E-state index in [2.05, 4.69) is 4.98 Å². The zero-order chi connectivity index (χ0) is 13.1. The highest BCUT2D eigenvalue weighted by Crippen LogP contribution is 2.22. The second kappa shape index (κ2) is 5.03. The van der Waals surface area contributed by atoms with Gasteiger partial charge in [0.25, 0.3) is 0 Å². The topological polar surface area (TPSA) is 66.0 Å². The molecule has 0 spiro atoms. The molecule has 0 radical (unpaired) electrons. The number of hydrogen-bond donors (Lipinski definition) is 2. The standard InChI is InChI=1S/C10H13F3N4/c1-17(6-4-10(11,12)13)7-3-2-5-16-8(7)9(14)15/h2-3,5H,4,6H2,1H3,(H3,14,15). The van der Waals surface area contributed by atoms with Crippen LogP contribution in [-0.2, 0) is 0 Å². The molecule has 3 N–H and O–H groups in total. The Morgan fingerprint density at radius 2 is 2.18 bits per heavy atom. The molecule has 0 fully saturated rings. The van der Waals surface area contributed by atoms with Gasteiger partial charge in [0.15, 0.2) is 0 Å². The molecule has 1 heterocycles. The first-order valence-corrected chi connectivity index (χ1v) is 4.88. The summed E-state index contributed by atoms with van der Waals surface area (Å²) in [4.78, 5) is 5.26. The van der Waals surface area contributed by atoms with E-state index >= 15 is 0 Å². The quantitative estimate of drug-likeness (QED) is 0.628. The first-order chi connectivity index (χ1) is 7.81. The molecule has 0 saturated heterocycles. The summed E-state index contributed by atoms with van der Waals surface area (Å²) in [5, 5.41) is 7.29. The van der Waals surface area contributed by atoms with Gasteiger partial charge in [-0.05, 0) is 12.1 Å². The highest BCUT2D eigenvalue weighted by molar-refractivity contribution is 5.98. The van der Waals surface area contributed by atoms with Gasteiger partial charge in [-0.3, -0.25) is 10.4 Å². The fourth-order valence-corrected chi connectivity index (χ4v) is 1.33. The summed E-state index contributed by atoms with van der Waals surface area (Å²) >= 11 is 0. The fraction of sp³-hybridized carbons (Fsp3) is 0.400. The molecular weight excluding hydrogens is 233 g/mol. The van der Waals surface area contributed by atoms with Gasteiger partial charge in [-0.1, -0.05) is 0 Å². The van der Waals surface area contributed by atoms with Crippen molar-refractivity contribution < 1.29 is 13.2 Å². The number of nitrogens with one attached hydrogen (secondary N) is 1. The third-order valence-electron chi connectivity index (χ3n) is 2.18. The van der Waals surface area contributed by atoms with E-state index in [1.165, 1.54) is 18.1 Å². The number of nitrogens with zero attached hydrogens (tertiary/aromatic N) is 2. The van der Waals surface area contributed by atoms with Crippen molar-refractivity contribution in [3.8, 4) is 0 Å². The molecule has 7 heteroatoms. The van der Waals surface area contributed by atoms with E-state index < -0.39 is 12.6 Å². The summed E-state index contributed by atoms with van der Waals surface area (Å²) in [6.45, 7) is -0.199. The minimum absolute atomic E-state index is 0.192. The van der Waals surface area contributed by atoms with Crippen LogP contribution >= 0.6 is 0 Å². The van der Waals surface area contributed by atoms with E-state index in [0.29, 0.717) is 5.69 Å². The zero-order valence-electron chi connectivity index (χ0n) is 9.25. The van der Waals surface area contributed by atoms with Crippen LogP contribution in [0.2, 0.25) is 0 Å². The van der Waals surface area contributed by atoms with Gasteiger partial charge < -0.3 is 10.6 Å². The molecular formula is C10H13F3N4. The average molecular weight is 246 g/mol. The summed E-state index contributed by atoms with van der Waals surface area (Å²) in [7, 11) is 1.51. The van der Waals surface area contributed by atoms with Gasteiger partial charge in [-0.2, -0.15) is 13.2 Å². The van der Waals surface area contributed by atoms with Crippen LogP contribution in [0.3, 0.4) is 0 Å². The first kappa shape index (κ1) is 13.3. The molecule has 0 saturated carbocycles. The average Bonchev–Trinajstić information content (AvgIpc) is 2.25. The van der Waals surface area contributed by atoms with Crippen molar-refractivity contribution in [1.29, 1.82) is 5.41 Å². The minimum atomic E-state index is -4.20. The Morgan fingerprint density at radius 3 is 2.71 bits per heavy atom. The molecule has 0 bridgehead atoms. The number of hydrogen-bond acceptors (Lipinski definition) is 3. The van der Waals surface area contributed by atoms with Crippen LogP contribution in [0, 0.1) is 5.41 Å². The van der Waals surface area contributed by atoms with E-state index in [9.17, 15) is 13.2 Å². The van der Waals surface area contributed by atoms with Gasteiger partial charge in [-0.25, -0.2) is 0 Å². The molecule has 17 heavy (non-hydrogen) atoms. The molecule has 0 aliphatic carbocycles. The van der Waals surface area contributed by atoms with Crippen molar-refractivity contribution in [3.63, 3.8) is 0 Å². The van der Waals surface area contributed by atoms with Crippen molar-refractivity contribution in [1.82, 2.24) is 4.98 Å². The van der Waals surface area contributed by atoms with Crippen LogP contribution < -0.4 is 10.6 Å². The highest BCUT2D eigenvalue weighted by Gasteiger charge is 2.27. The van der Waals surface area contributed by atoms with Crippen molar-refractivity contribution in [2.24, 2.45) is 5.73 Å². The van der Waals surface area contributed by atoms with E-state index in [0.717, 1.165) is 0 Å². The summed E-state index contributed by atoms with van der Waals surface area (Å²) in [5.41, 5.74) is 5.92. The predicted octanol–water partition coefficient (Wildman–Crippen LogP) is 1.75. The maximum Gasteiger partial charge on any atom is 0.390 e. The van der Waals surface area contributed by atoms with Crippen LogP contribution in [0.15, 0.2) is 18.3 Å². The number of amidine groups is 1. The lowest BCUT2D eigenvalue weighted by Crippen LogP contribution is -2.27. The zero-order valence-corrected chi connectivity index (χ0v) is 9.25. The number of alkyl halides is 3. The maximum atomic E-state index is 12.1. The van der Waals surface area contributed by atoms with Crippen LogP contribution in [0.1, 0.15) is 12.1 Å². The normalized spacial score (nSPS) is 11.3. The first-order valence-electron chi connectivity index (χ1n) is 4.88. The van der Waals surface area contributed by atoms with Gasteiger partial charge in [0.1, 0.15) is 11.5 Å². The largest absolute Gasteiger partial charge is 0.390 e. The van der Waals surface area contributed by atoms with Crippen molar-refractivity contribution in [3.05, 3.63) is 24.0 Å². The fourth-order valence-electron chi connectivity index (χ4n) is 1.33. The Kier molecular flexibility index (Phi) is 3.93. The lowest BCUT2D eigenvalue weighted by atomic mass is 10.2. The number of aromatic nitrogens is 1. The SMILES string of the molecule is CN(CCC(F)(F)F)c1cccnc1C(=N)N. The molecule has 1 aromatic heterocycles. The molecule has 0 unspecified atom stereocenters. The number of rotatable bonds is 4. The maximum absolute atomic E-state index is 12.1. The van der Waals surface area contributed by atoms with Crippen LogP contribution in [-0.4, -0.2) is 30.6 Å². The Hall–Kier alpha value is -1.79. The third-order valence-corrected chi connectivity index (χ3v) is 2.18. The Balaban J connectivity index is 2.82. The van der Waals surface area contributed by atoms with Gasteiger partial charge in [0.2, 0.25) is 0 Å². The number of pyridine rings is 1. The number of nitrogens with two attached hydrogens (primary N) is 1. The minimum Gasteiger partial charge on any atom is -0.382 e. The van der Waals surface area contributed by atoms with Crippen LogP contribution in [0.5, 0.6) is 0 Å². The summed E-state index contributed by atoms with van der Waals surface area (Å²) < 4.78 is 36.2. The lowest BCUT2D eigenvalue weighted by molar-refractivity contribution is -0.132. The smallest absolute Gasteiger partial charge is 0.382 e. The van der Waals surface area contributed by atoms with Crippen LogP contribution in [0.25, 0.3) is 0 Å². The molecule has 0 aliphatic heterocycles. The number of anilines is 1. The summed E-state index contributed by atoms with van der Waals surface area (Å²) in [6.07, 6.45) is -3.68. The van der Waals surface area contributed by atoms with Crippen molar-refractivity contribution in [2.75, 3.05) is 18.5 Å².